The summed E-state index contributed by atoms with van der Waals surface area (Å²) in [4.78, 5) is 40.1. The minimum atomic E-state index is -0.607. The summed E-state index contributed by atoms with van der Waals surface area (Å²) in [5.41, 5.74) is 1.33. The fourth-order valence-electron chi connectivity index (χ4n) is 4.27. The van der Waals surface area contributed by atoms with Crippen LogP contribution in [0.1, 0.15) is 54.3 Å². The number of fused-ring (bicyclic) bond motifs is 1. The van der Waals surface area contributed by atoms with E-state index in [2.05, 4.69) is 5.10 Å². The van der Waals surface area contributed by atoms with E-state index >= 15 is 0 Å². The van der Waals surface area contributed by atoms with Crippen LogP contribution in [0.5, 0.6) is 5.75 Å². The average molecular weight is 480 g/mol. The zero-order chi connectivity index (χ0) is 24.4. The van der Waals surface area contributed by atoms with E-state index in [1.807, 2.05) is 61.5 Å². The lowest BCUT2D eigenvalue weighted by atomic mass is 9.83. The predicted molar refractivity (Wildman–Crippen MR) is 129 cm³/mol. The number of hydrogen-bond donors (Lipinski definition) is 0. The lowest BCUT2D eigenvalue weighted by Crippen LogP contribution is -2.47. The molecular weight excluding hydrogens is 454 g/mol. The normalized spacial score (nSPS) is 16.3. The first-order chi connectivity index (χ1) is 16.3. The van der Waals surface area contributed by atoms with Gasteiger partial charge in [0, 0.05) is 24.0 Å². The van der Waals surface area contributed by atoms with Crippen molar-refractivity contribution in [1.82, 2.24) is 14.7 Å². The van der Waals surface area contributed by atoms with Crippen LogP contribution in [0.15, 0.2) is 65.6 Å². The molecule has 34 heavy (non-hydrogen) atoms. The Morgan fingerprint density at radius 2 is 1.82 bits per heavy atom. The van der Waals surface area contributed by atoms with Crippen molar-refractivity contribution in [3.8, 4) is 5.75 Å². The molecule has 2 aromatic carbocycles. The molecule has 3 aromatic rings. The molecule has 0 spiro atoms. The van der Waals surface area contributed by atoms with Gasteiger partial charge in [-0.05, 0) is 30.2 Å². The lowest BCUT2D eigenvalue weighted by Gasteiger charge is -2.39. The molecule has 0 aliphatic carbocycles. The molecule has 1 aromatic heterocycles. The predicted octanol–water partition coefficient (Wildman–Crippen LogP) is 4.31. The van der Waals surface area contributed by atoms with Crippen LogP contribution in [0.25, 0.3) is 0 Å². The van der Waals surface area contributed by atoms with Crippen molar-refractivity contribution in [2.45, 2.75) is 32.7 Å². The molecule has 2 atom stereocenters. The second-order valence-electron chi connectivity index (χ2n) is 8.56. The Morgan fingerprint density at radius 1 is 1.12 bits per heavy atom. The molecular formula is C26H26ClN3O4. The van der Waals surface area contributed by atoms with Crippen LogP contribution in [0.4, 0.5) is 0 Å². The van der Waals surface area contributed by atoms with Gasteiger partial charge in [-0.15, -0.1) is 0 Å². The fourth-order valence-corrected chi connectivity index (χ4v) is 4.47. The number of amides is 1. The first-order valence-corrected chi connectivity index (χ1v) is 11.6. The maximum atomic E-state index is 13.4. The summed E-state index contributed by atoms with van der Waals surface area (Å²) in [5, 5.41) is 4.95. The number of benzene rings is 2. The summed E-state index contributed by atoms with van der Waals surface area (Å²) in [5.74, 6) is -1.95. The largest absolute Gasteiger partial charge is 0.420 e. The monoisotopic (exact) mass is 479 g/mol. The van der Waals surface area contributed by atoms with E-state index in [9.17, 15) is 14.4 Å². The van der Waals surface area contributed by atoms with Gasteiger partial charge in [-0.2, -0.15) is 5.10 Å². The van der Waals surface area contributed by atoms with E-state index in [4.69, 9.17) is 16.3 Å². The van der Waals surface area contributed by atoms with E-state index in [1.54, 1.807) is 18.7 Å². The highest BCUT2D eigenvalue weighted by atomic mass is 35.5. The number of likely N-dealkylation sites (N-methyl/N-ethyl adjacent to an activating group) is 1. The fraction of sp³-hybridized carbons (Fsp3) is 0.308. The highest BCUT2D eigenvalue weighted by Gasteiger charge is 2.40. The average Bonchev–Trinajstić information content (AvgIpc) is 2.82. The molecule has 1 aliphatic rings. The number of halogens is 1. The SMILES string of the molecule is CCN1CC(C(c2ccccc2)c2cccc(Cl)c2)n2ncc(=O)c(OC(=O)C(C)C)c2C1=O. The second kappa shape index (κ2) is 9.81. The van der Waals surface area contributed by atoms with Crippen molar-refractivity contribution in [3.63, 3.8) is 0 Å². The third-order valence-corrected chi connectivity index (χ3v) is 6.22. The van der Waals surface area contributed by atoms with Gasteiger partial charge >= 0.3 is 5.97 Å². The van der Waals surface area contributed by atoms with Gasteiger partial charge in [-0.1, -0.05) is 67.9 Å². The third-order valence-electron chi connectivity index (χ3n) is 5.99. The summed E-state index contributed by atoms with van der Waals surface area (Å²) < 4.78 is 6.99. The van der Waals surface area contributed by atoms with Crippen LogP contribution in [0.3, 0.4) is 0 Å². The number of esters is 1. The summed E-state index contributed by atoms with van der Waals surface area (Å²) in [7, 11) is 0. The van der Waals surface area contributed by atoms with Gasteiger partial charge in [0.05, 0.1) is 18.2 Å². The van der Waals surface area contributed by atoms with E-state index in [0.29, 0.717) is 18.1 Å². The van der Waals surface area contributed by atoms with Crippen molar-refractivity contribution in [3.05, 3.63) is 92.9 Å². The highest BCUT2D eigenvalue weighted by Crippen LogP contribution is 2.40. The topological polar surface area (TPSA) is 81.5 Å². The molecule has 8 heteroatoms. The molecule has 0 radical (unpaired) electrons. The number of carbonyl (C=O) groups excluding carboxylic acids is 2. The van der Waals surface area contributed by atoms with Gasteiger partial charge in [0.1, 0.15) is 0 Å². The molecule has 0 saturated carbocycles. The van der Waals surface area contributed by atoms with Gasteiger partial charge in [0.15, 0.2) is 5.69 Å². The number of hydrogen-bond acceptors (Lipinski definition) is 5. The molecule has 1 aliphatic heterocycles. The first-order valence-electron chi connectivity index (χ1n) is 11.2. The smallest absolute Gasteiger partial charge is 0.313 e. The molecule has 7 nitrogen and oxygen atoms in total. The summed E-state index contributed by atoms with van der Waals surface area (Å²) in [6.45, 7) is 5.99. The molecule has 0 bridgehead atoms. The van der Waals surface area contributed by atoms with E-state index < -0.39 is 23.2 Å². The number of carbonyl (C=O) groups is 2. The van der Waals surface area contributed by atoms with Crippen LogP contribution in [0, 0.1) is 5.92 Å². The first kappa shape index (κ1) is 23.7. The zero-order valence-corrected chi connectivity index (χ0v) is 20.0. The standard InChI is InChI=1S/C26H26ClN3O4/c1-4-29-15-20(22(17-9-6-5-7-10-17)18-11-8-12-19(27)13-18)30-23(25(29)32)24(21(31)14-28-30)34-26(33)16(2)3/h5-14,16,20,22H,4,15H2,1-3H3. The summed E-state index contributed by atoms with van der Waals surface area (Å²) >= 11 is 6.34. The number of aromatic nitrogens is 2. The Kier molecular flexibility index (Phi) is 6.84. The lowest BCUT2D eigenvalue weighted by molar-refractivity contribution is -0.137. The minimum Gasteiger partial charge on any atom is -0.420 e. The van der Waals surface area contributed by atoms with Crippen molar-refractivity contribution in [1.29, 1.82) is 0 Å². The van der Waals surface area contributed by atoms with Gasteiger partial charge in [-0.3, -0.25) is 19.1 Å². The van der Waals surface area contributed by atoms with Crippen LogP contribution in [-0.2, 0) is 4.79 Å². The Morgan fingerprint density at radius 3 is 2.47 bits per heavy atom. The molecule has 2 unspecified atom stereocenters. The quantitative estimate of drug-likeness (QED) is 0.492. The van der Waals surface area contributed by atoms with Crippen molar-refractivity contribution in [2.75, 3.05) is 13.1 Å². The van der Waals surface area contributed by atoms with Crippen LogP contribution < -0.4 is 10.2 Å². The van der Waals surface area contributed by atoms with Gasteiger partial charge < -0.3 is 9.64 Å². The van der Waals surface area contributed by atoms with Crippen molar-refractivity contribution in [2.24, 2.45) is 5.92 Å². The van der Waals surface area contributed by atoms with Crippen LogP contribution >= 0.6 is 11.6 Å². The Bertz CT molecular complexity index is 1270. The molecule has 0 fully saturated rings. The Labute approximate surface area is 202 Å². The Balaban J connectivity index is 1.95. The summed E-state index contributed by atoms with van der Waals surface area (Å²) in [6.07, 6.45) is 1.11. The van der Waals surface area contributed by atoms with Crippen molar-refractivity contribution >= 4 is 23.5 Å². The van der Waals surface area contributed by atoms with Gasteiger partial charge in [-0.25, -0.2) is 0 Å². The van der Waals surface area contributed by atoms with Gasteiger partial charge in [0.25, 0.3) is 5.91 Å². The molecule has 4 rings (SSSR count). The minimum absolute atomic E-state index is 0.0115. The second-order valence-corrected chi connectivity index (χ2v) is 9.00. The molecule has 0 N–H and O–H groups in total. The number of ether oxygens (including phenoxy) is 1. The number of nitrogens with zero attached hydrogens (tertiary/aromatic N) is 3. The van der Waals surface area contributed by atoms with Crippen LogP contribution in [0.2, 0.25) is 5.02 Å². The van der Waals surface area contributed by atoms with E-state index in [0.717, 1.165) is 17.3 Å². The maximum absolute atomic E-state index is 13.4. The van der Waals surface area contributed by atoms with Crippen LogP contribution in [-0.4, -0.2) is 39.6 Å². The number of rotatable bonds is 6. The summed E-state index contributed by atoms with van der Waals surface area (Å²) in [6, 6.07) is 17.1. The molecule has 0 saturated heterocycles. The highest BCUT2D eigenvalue weighted by molar-refractivity contribution is 6.30. The third kappa shape index (κ3) is 4.48. The van der Waals surface area contributed by atoms with E-state index in [-0.39, 0.29) is 23.4 Å². The van der Waals surface area contributed by atoms with E-state index in [1.165, 1.54) is 4.68 Å². The maximum Gasteiger partial charge on any atom is 0.313 e. The van der Waals surface area contributed by atoms with Crippen molar-refractivity contribution < 1.29 is 14.3 Å². The molecule has 176 valence electrons. The molecule has 1 amide bonds. The van der Waals surface area contributed by atoms with Gasteiger partial charge in [0.2, 0.25) is 11.2 Å². The Hall–Kier alpha value is -3.45. The zero-order valence-electron chi connectivity index (χ0n) is 19.3. The molecule has 2 heterocycles.